The van der Waals surface area contributed by atoms with E-state index >= 15 is 0 Å². The van der Waals surface area contributed by atoms with Crippen LogP contribution in [0.1, 0.15) is 13.3 Å². The molecule has 0 spiro atoms. The Morgan fingerprint density at radius 2 is 2.43 bits per heavy atom. The van der Waals surface area contributed by atoms with Gasteiger partial charge in [0.15, 0.2) is 0 Å². The molecule has 0 heterocycles. The number of nitrogens with one attached hydrogen (secondary N) is 1. The Balaban J connectivity index is 3.29. The molecule has 0 atom stereocenters. The fourth-order valence-corrected chi connectivity index (χ4v) is 0.287. The van der Waals surface area contributed by atoms with Gasteiger partial charge in [-0.1, -0.05) is 6.92 Å². The average Bonchev–Trinajstić information content (AvgIpc) is 1.68. The maximum Gasteiger partial charge on any atom is 0.0237 e. The van der Waals surface area contributed by atoms with Crippen molar-refractivity contribution in [1.82, 2.24) is 5.32 Å². The molecule has 0 rings (SSSR count). The molecule has 0 aliphatic rings. The summed E-state index contributed by atoms with van der Waals surface area (Å²) in [5, 5.41) is 2.83. The average molecular weight is 100 g/mol. The normalized spacial score (nSPS) is 11.4. The molecule has 0 aromatic rings. The molecular weight excluding hydrogens is 88.1 g/mol. The van der Waals surface area contributed by atoms with Gasteiger partial charge < -0.3 is 11.1 Å². The first-order valence-corrected chi connectivity index (χ1v) is 2.43. The van der Waals surface area contributed by atoms with E-state index in [1.165, 1.54) is 0 Å². The highest BCUT2D eigenvalue weighted by atomic mass is 14.8. The van der Waals surface area contributed by atoms with Crippen LogP contribution >= 0.6 is 0 Å². The van der Waals surface area contributed by atoms with E-state index < -0.39 is 0 Å². The molecule has 0 amide bonds. The maximum absolute atomic E-state index is 5.38. The van der Waals surface area contributed by atoms with Crippen LogP contribution in [0.4, 0.5) is 0 Å². The van der Waals surface area contributed by atoms with Crippen molar-refractivity contribution in [1.29, 1.82) is 0 Å². The first kappa shape index (κ1) is 6.34. The molecule has 0 unspecified atom stereocenters. The lowest BCUT2D eigenvalue weighted by Crippen LogP contribution is -2.02. The van der Waals surface area contributed by atoms with Crippen LogP contribution in [-0.4, -0.2) is 7.05 Å². The quantitative estimate of drug-likeness (QED) is 0.527. The first-order chi connectivity index (χ1) is 3.31. The number of hydrogen-bond donors (Lipinski definition) is 2. The molecule has 2 nitrogen and oxygen atoms in total. The molecule has 0 fully saturated rings. The second kappa shape index (κ2) is 3.53. The minimum Gasteiger partial charge on any atom is -0.401 e. The van der Waals surface area contributed by atoms with E-state index in [0.717, 1.165) is 12.1 Å². The van der Waals surface area contributed by atoms with Gasteiger partial charge in [-0.05, 0) is 6.42 Å². The Morgan fingerprint density at radius 3 is 2.57 bits per heavy atom. The lowest BCUT2D eigenvalue weighted by molar-refractivity contribution is 0.992. The van der Waals surface area contributed by atoms with Crippen LogP contribution in [-0.2, 0) is 0 Å². The van der Waals surface area contributed by atoms with Gasteiger partial charge in [-0.3, -0.25) is 0 Å². The summed E-state index contributed by atoms with van der Waals surface area (Å²) in [5.41, 5.74) is 6.27. The lowest BCUT2D eigenvalue weighted by atomic mass is 10.4. The fraction of sp³-hybridized carbons (Fsp3) is 0.600. The van der Waals surface area contributed by atoms with Crippen LogP contribution in [0.3, 0.4) is 0 Å². The molecule has 0 bridgehead atoms. The van der Waals surface area contributed by atoms with Gasteiger partial charge >= 0.3 is 0 Å². The van der Waals surface area contributed by atoms with Crippen LogP contribution in [0.5, 0.6) is 0 Å². The van der Waals surface area contributed by atoms with Crippen molar-refractivity contribution < 1.29 is 0 Å². The van der Waals surface area contributed by atoms with Crippen molar-refractivity contribution in [2.24, 2.45) is 5.73 Å². The monoisotopic (exact) mass is 100 g/mol. The third-order valence-electron chi connectivity index (χ3n) is 0.738. The highest BCUT2D eigenvalue weighted by molar-refractivity contribution is 4.91. The minimum absolute atomic E-state index is 0.891. The van der Waals surface area contributed by atoms with Gasteiger partial charge in [-0.25, -0.2) is 0 Å². The molecule has 0 aromatic carbocycles. The Hall–Kier alpha value is -0.660. The molecule has 2 heteroatoms. The summed E-state index contributed by atoms with van der Waals surface area (Å²) in [5.74, 6) is 0. The number of hydrogen-bond acceptors (Lipinski definition) is 2. The molecule has 0 radical (unpaired) electrons. The summed E-state index contributed by atoms with van der Waals surface area (Å²) in [4.78, 5) is 0. The summed E-state index contributed by atoms with van der Waals surface area (Å²) < 4.78 is 0. The van der Waals surface area contributed by atoms with Gasteiger partial charge in [0.25, 0.3) is 0 Å². The number of nitrogens with two attached hydrogens (primary N) is 1. The second-order valence-electron chi connectivity index (χ2n) is 1.36. The zero-order valence-corrected chi connectivity index (χ0v) is 4.86. The summed E-state index contributed by atoms with van der Waals surface area (Å²) >= 11 is 0. The van der Waals surface area contributed by atoms with E-state index in [-0.39, 0.29) is 0 Å². The Labute approximate surface area is 44.4 Å². The predicted molar refractivity (Wildman–Crippen MR) is 31.6 cm³/mol. The topological polar surface area (TPSA) is 38.0 Å². The lowest BCUT2D eigenvalue weighted by Gasteiger charge is -1.91. The molecule has 0 saturated heterocycles. The number of allylic oxidation sites excluding steroid dienone is 1. The molecular formula is C5H12N2. The highest BCUT2D eigenvalue weighted by Gasteiger charge is 1.76. The summed E-state index contributed by atoms with van der Waals surface area (Å²) in [6, 6.07) is 0. The van der Waals surface area contributed by atoms with Crippen molar-refractivity contribution in [2.45, 2.75) is 13.3 Å². The SMILES string of the molecule is CC/C(N)=C\NC. The summed E-state index contributed by atoms with van der Waals surface area (Å²) in [7, 11) is 1.84. The third-order valence-corrected chi connectivity index (χ3v) is 0.738. The molecule has 0 aliphatic carbocycles. The smallest absolute Gasteiger partial charge is 0.0237 e. The maximum atomic E-state index is 5.38. The zero-order valence-electron chi connectivity index (χ0n) is 4.86. The first-order valence-electron chi connectivity index (χ1n) is 2.43. The van der Waals surface area contributed by atoms with Crippen molar-refractivity contribution in [3.63, 3.8) is 0 Å². The van der Waals surface area contributed by atoms with Crippen LogP contribution in [0.15, 0.2) is 11.9 Å². The van der Waals surface area contributed by atoms with Gasteiger partial charge in [0, 0.05) is 18.9 Å². The molecule has 7 heavy (non-hydrogen) atoms. The summed E-state index contributed by atoms with van der Waals surface area (Å²) in [6.07, 6.45) is 2.71. The Morgan fingerprint density at radius 1 is 1.86 bits per heavy atom. The third kappa shape index (κ3) is 3.16. The molecule has 0 aliphatic heterocycles. The van der Waals surface area contributed by atoms with Crippen molar-refractivity contribution >= 4 is 0 Å². The van der Waals surface area contributed by atoms with Crippen molar-refractivity contribution in [3.05, 3.63) is 11.9 Å². The molecule has 42 valence electrons. The van der Waals surface area contributed by atoms with E-state index in [1.54, 1.807) is 6.20 Å². The van der Waals surface area contributed by atoms with Gasteiger partial charge in [0.2, 0.25) is 0 Å². The van der Waals surface area contributed by atoms with E-state index in [4.69, 9.17) is 5.73 Å². The van der Waals surface area contributed by atoms with Gasteiger partial charge in [0.05, 0.1) is 0 Å². The van der Waals surface area contributed by atoms with Crippen LogP contribution in [0, 0.1) is 0 Å². The van der Waals surface area contributed by atoms with Crippen LogP contribution in [0.25, 0.3) is 0 Å². The van der Waals surface area contributed by atoms with Crippen LogP contribution in [0.2, 0.25) is 0 Å². The van der Waals surface area contributed by atoms with E-state index in [1.807, 2.05) is 14.0 Å². The second-order valence-corrected chi connectivity index (χ2v) is 1.36. The molecule has 0 saturated carbocycles. The van der Waals surface area contributed by atoms with Gasteiger partial charge in [-0.2, -0.15) is 0 Å². The molecule has 3 N–H and O–H groups in total. The summed E-state index contributed by atoms with van der Waals surface area (Å²) in [6.45, 7) is 2.02. The Bertz CT molecular complexity index is 66.5. The van der Waals surface area contributed by atoms with Crippen molar-refractivity contribution in [3.8, 4) is 0 Å². The Kier molecular flexibility index (Phi) is 3.19. The van der Waals surface area contributed by atoms with Gasteiger partial charge in [-0.15, -0.1) is 0 Å². The molecule has 0 aromatic heterocycles. The standard InChI is InChI=1S/C5H12N2/c1-3-5(6)4-7-2/h4,7H,3,6H2,1-2H3/b5-4+. The number of rotatable bonds is 2. The van der Waals surface area contributed by atoms with E-state index in [9.17, 15) is 0 Å². The predicted octanol–water partition coefficient (Wildman–Crippen LogP) is 0.416. The zero-order chi connectivity index (χ0) is 5.70. The highest BCUT2D eigenvalue weighted by Crippen LogP contribution is 1.84. The van der Waals surface area contributed by atoms with Crippen molar-refractivity contribution in [2.75, 3.05) is 7.05 Å². The largest absolute Gasteiger partial charge is 0.401 e. The van der Waals surface area contributed by atoms with Gasteiger partial charge in [0.1, 0.15) is 0 Å². The minimum atomic E-state index is 0.891. The fourth-order valence-electron chi connectivity index (χ4n) is 0.287. The van der Waals surface area contributed by atoms with E-state index in [2.05, 4.69) is 5.32 Å². The van der Waals surface area contributed by atoms with E-state index in [0.29, 0.717) is 0 Å². The van der Waals surface area contributed by atoms with Crippen LogP contribution < -0.4 is 11.1 Å².